The molecule has 0 spiro atoms. The molecule has 0 fully saturated rings. The summed E-state index contributed by atoms with van der Waals surface area (Å²) in [7, 11) is -2.72. The zero-order chi connectivity index (χ0) is 17.8. The van der Waals surface area contributed by atoms with Gasteiger partial charge < -0.3 is 0 Å². The maximum absolute atomic E-state index is 4.49. The lowest BCUT2D eigenvalue weighted by atomic mass is 10.1. The van der Waals surface area contributed by atoms with Gasteiger partial charge in [0.05, 0.1) is 18.1 Å². The minimum atomic E-state index is -1.38. The molecule has 0 aliphatic rings. The summed E-state index contributed by atoms with van der Waals surface area (Å²) in [5.41, 5.74) is 10.4. The fraction of sp³-hybridized carbons (Fsp3) is 0.300. The van der Waals surface area contributed by atoms with Gasteiger partial charge >= 0.3 is 0 Å². The molecule has 2 rings (SSSR count). The Balaban J connectivity index is 2.17. The predicted octanol–water partition coefficient (Wildman–Crippen LogP) is 4.60. The summed E-state index contributed by atoms with van der Waals surface area (Å²) in [4.78, 5) is 8.90. The van der Waals surface area contributed by atoms with Crippen LogP contribution in [0, 0.1) is 22.9 Å². The van der Waals surface area contributed by atoms with Gasteiger partial charge in [-0.3, -0.25) is 4.98 Å². The maximum atomic E-state index is 4.49. The Kier molecular flexibility index (Phi) is 5.44. The highest BCUT2D eigenvalue weighted by Crippen LogP contribution is 2.16. The van der Waals surface area contributed by atoms with Crippen LogP contribution < -0.4 is 0 Å². The van der Waals surface area contributed by atoms with Crippen molar-refractivity contribution in [1.82, 2.24) is 9.97 Å². The van der Waals surface area contributed by atoms with Crippen molar-refractivity contribution in [2.24, 2.45) is 0 Å². The first-order chi connectivity index (χ1) is 11.1. The molecule has 0 saturated heterocycles. The average molecular weight is 349 g/mol. The molecule has 122 valence electrons. The molecule has 0 aliphatic carbocycles. The van der Waals surface area contributed by atoms with Crippen LogP contribution in [0.1, 0.15) is 11.3 Å². The fourth-order valence-corrected chi connectivity index (χ4v) is 2.80. The zero-order valence-corrected chi connectivity index (χ0v) is 17.4. The molecule has 1 aromatic heterocycles. The van der Waals surface area contributed by atoms with Crippen LogP contribution >= 0.6 is 0 Å². The largest absolute Gasteiger partial charge is 0.252 e. The normalized spacial score (nSPS) is 11.1. The van der Waals surface area contributed by atoms with Crippen molar-refractivity contribution in [3.63, 3.8) is 0 Å². The monoisotopic (exact) mass is 348 g/mol. The highest BCUT2D eigenvalue weighted by Gasteiger charge is 2.08. The lowest BCUT2D eigenvalue weighted by molar-refractivity contribution is 1.18. The van der Waals surface area contributed by atoms with E-state index < -0.39 is 16.1 Å². The highest BCUT2D eigenvalue weighted by atomic mass is 28.3. The number of benzene rings is 1. The first kappa shape index (κ1) is 18.2. The summed E-state index contributed by atoms with van der Waals surface area (Å²) in [6.07, 6.45) is 3.54. The van der Waals surface area contributed by atoms with Crippen molar-refractivity contribution in [1.29, 1.82) is 0 Å². The summed E-state index contributed by atoms with van der Waals surface area (Å²) in [6.45, 7) is 13.4. The van der Waals surface area contributed by atoms with Crippen LogP contribution in [0.5, 0.6) is 0 Å². The third-order valence-corrected chi connectivity index (χ3v) is 4.73. The van der Waals surface area contributed by atoms with Gasteiger partial charge in [-0.15, -0.1) is 11.1 Å². The van der Waals surface area contributed by atoms with Crippen molar-refractivity contribution in [2.75, 3.05) is 0 Å². The third-order valence-electron chi connectivity index (χ3n) is 2.98. The quantitative estimate of drug-likeness (QED) is 0.556. The van der Waals surface area contributed by atoms with Gasteiger partial charge in [-0.25, -0.2) is 4.98 Å². The molecule has 1 heterocycles. The van der Waals surface area contributed by atoms with E-state index in [1.807, 2.05) is 24.3 Å². The van der Waals surface area contributed by atoms with Gasteiger partial charge in [0.15, 0.2) is 0 Å². The highest BCUT2D eigenvalue weighted by molar-refractivity contribution is 6.84. The first-order valence-corrected chi connectivity index (χ1v) is 15.1. The molecule has 2 nitrogen and oxygen atoms in total. The smallest absolute Gasteiger partial charge is 0.130 e. The fourth-order valence-electron chi connectivity index (χ4n) is 1.78. The Bertz CT molecular complexity index is 743. The lowest BCUT2D eigenvalue weighted by Gasteiger charge is -2.04. The third kappa shape index (κ3) is 6.16. The second-order valence-corrected chi connectivity index (χ2v) is 17.4. The molecule has 0 bridgehead atoms. The Morgan fingerprint density at radius 2 is 1.29 bits per heavy atom. The average Bonchev–Trinajstić information content (AvgIpc) is 2.51. The number of hydrogen-bond acceptors (Lipinski definition) is 2. The van der Waals surface area contributed by atoms with E-state index >= 15 is 0 Å². The minimum Gasteiger partial charge on any atom is -0.252 e. The predicted molar refractivity (Wildman–Crippen MR) is 108 cm³/mol. The molecule has 0 saturated carbocycles. The lowest BCUT2D eigenvalue weighted by Crippen LogP contribution is -2.16. The van der Waals surface area contributed by atoms with Gasteiger partial charge in [0.2, 0.25) is 0 Å². The summed E-state index contributed by atoms with van der Waals surface area (Å²) < 4.78 is 0. The van der Waals surface area contributed by atoms with Crippen molar-refractivity contribution in [3.05, 3.63) is 47.9 Å². The molecule has 4 heteroatoms. The van der Waals surface area contributed by atoms with Gasteiger partial charge in [0, 0.05) is 11.1 Å². The molecular weight excluding hydrogens is 324 g/mol. The van der Waals surface area contributed by atoms with Gasteiger partial charge in [-0.05, 0) is 12.1 Å². The molecule has 0 radical (unpaired) electrons. The second kappa shape index (κ2) is 7.17. The maximum Gasteiger partial charge on any atom is 0.130 e. The van der Waals surface area contributed by atoms with E-state index in [4.69, 9.17) is 0 Å². The molecule has 0 amide bonds. The molecule has 2 aromatic rings. The van der Waals surface area contributed by atoms with E-state index in [9.17, 15) is 0 Å². The molecule has 0 N–H and O–H groups in total. The zero-order valence-electron chi connectivity index (χ0n) is 15.4. The van der Waals surface area contributed by atoms with Crippen molar-refractivity contribution in [2.45, 2.75) is 39.3 Å². The summed E-state index contributed by atoms with van der Waals surface area (Å²) >= 11 is 0. The molecule has 0 unspecified atom stereocenters. The molecule has 0 aliphatic heterocycles. The Labute approximate surface area is 147 Å². The number of hydrogen-bond donors (Lipinski definition) is 0. The van der Waals surface area contributed by atoms with Crippen LogP contribution in [-0.4, -0.2) is 26.1 Å². The van der Waals surface area contributed by atoms with Gasteiger partial charge in [-0.2, -0.15) is 0 Å². The molecular formula is C20H24N2Si2. The van der Waals surface area contributed by atoms with Gasteiger partial charge in [-0.1, -0.05) is 63.3 Å². The number of aromatic nitrogens is 2. The van der Waals surface area contributed by atoms with Crippen molar-refractivity contribution in [3.8, 4) is 34.2 Å². The molecule has 0 atom stereocenters. The van der Waals surface area contributed by atoms with Crippen LogP contribution in [0.2, 0.25) is 39.3 Å². The van der Waals surface area contributed by atoms with E-state index in [-0.39, 0.29) is 0 Å². The second-order valence-electron chi connectivity index (χ2n) is 7.86. The Hall–Kier alpha value is -2.15. The topological polar surface area (TPSA) is 25.8 Å². The first-order valence-electron chi connectivity index (χ1n) is 8.11. The Morgan fingerprint density at radius 1 is 0.708 bits per heavy atom. The van der Waals surface area contributed by atoms with Crippen LogP contribution in [0.3, 0.4) is 0 Å². The summed E-state index contributed by atoms with van der Waals surface area (Å²) in [5.74, 6) is 6.39. The number of rotatable bonds is 1. The van der Waals surface area contributed by atoms with Crippen molar-refractivity contribution >= 4 is 16.1 Å². The minimum absolute atomic E-state index is 0.735. The van der Waals surface area contributed by atoms with Crippen LogP contribution in [0.15, 0.2) is 36.7 Å². The van der Waals surface area contributed by atoms with Gasteiger partial charge in [0.1, 0.15) is 21.8 Å². The van der Waals surface area contributed by atoms with E-state index in [0.717, 1.165) is 22.5 Å². The van der Waals surface area contributed by atoms with E-state index in [0.29, 0.717) is 0 Å². The van der Waals surface area contributed by atoms with Crippen LogP contribution in [0.25, 0.3) is 11.3 Å². The summed E-state index contributed by atoms with van der Waals surface area (Å²) in [6, 6.07) is 8.18. The van der Waals surface area contributed by atoms with Crippen molar-refractivity contribution < 1.29 is 0 Å². The van der Waals surface area contributed by atoms with E-state index in [1.54, 1.807) is 12.4 Å². The van der Waals surface area contributed by atoms with Crippen LogP contribution in [-0.2, 0) is 0 Å². The SMILES string of the molecule is C[Si](C)(C)C#Cc1ccc(-c2cnc(C#C[Si](C)(C)C)cn2)cc1. The summed E-state index contributed by atoms with van der Waals surface area (Å²) in [5, 5.41) is 0. The van der Waals surface area contributed by atoms with Crippen LogP contribution in [0.4, 0.5) is 0 Å². The number of nitrogens with zero attached hydrogens (tertiary/aromatic N) is 2. The van der Waals surface area contributed by atoms with Gasteiger partial charge in [0.25, 0.3) is 0 Å². The van der Waals surface area contributed by atoms with E-state index in [1.165, 1.54) is 0 Å². The standard InChI is InChI=1S/C20H24N2Si2/c1-23(2,3)13-11-17-7-9-18(10-8-17)20-16-21-19(15-22-20)12-14-24(4,5)6/h7-10,15-16H,1-6H3. The van der Waals surface area contributed by atoms with E-state index in [2.05, 4.69) is 72.2 Å². The molecule has 24 heavy (non-hydrogen) atoms. The Morgan fingerprint density at radius 3 is 1.79 bits per heavy atom. The molecule has 1 aromatic carbocycles.